The molecular formula is C13H18F2O2. The van der Waals surface area contributed by atoms with Gasteiger partial charge >= 0.3 is 0 Å². The molecule has 0 aliphatic heterocycles. The molecule has 4 heteroatoms. The second kappa shape index (κ2) is 6.67. The summed E-state index contributed by atoms with van der Waals surface area (Å²) in [5.41, 5.74) is -0.0614. The van der Waals surface area contributed by atoms with Crippen molar-refractivity contribution in [3.05, 3.63) is 35.4 Å². The molecule has 1 N–H and O–H groups in total. The fourth-order valence-corrected chi connectivity index (χ4v) is 1.61. The van der Waals surface area contributed by atoms with Gasteiger partial charge in [0.15, 0.2) is 11.6 Å². The van der Waals surface area contributed by atoms with Crippen molar-refractivity contribution in [3.63, 3.8) is 0 Å². The smallest absolute Gasteiger partial charge is 0.164 e. The highest BCUT2D eigenvalue weighted by Gasteiger charge is 2.16. The highest BCUT2D eigenvalue weighted by atomic mass is 19.2. The second-order valence-corrected chi connectivity index (χ2v) is 4.09. The van der Waals surface area contributed by atoms with Crippen molar-refractivity contribution in [1.29, 1.82) is 0 Å². The first-order valence-corrected chi connectivity index (χ1v) is 5.79. The van der Waals surface area contributed by atoms with Crippen LogP contribution in [0.4, 0.5) is 8.78 Å². The molecule has 2 nitrogen and oxygen atoms in total. The fraction of sp³-hybridized carbons (Fsp3) is 0.538. The predicted octanol–water partition coefficient (Wildman–Crippen LogP) is 3.20. The van der Waals surface area contributed by atoms with E-state index in [0.717, 1.165) is 18.9 Å². The van der Waals surface area contributed by atoms with Gasteiger partial charge in [0.1, 0.15) is 6.10 Å². The minimum atomic E-state index is -1.13. The van der Waals surface area contributed by atoms with Crippen molar-refractivity contribution < 1.29 is 18.6 Å². The lowest BCUT2D eigenvalue weighted by Crippen LogP contribution is -2.15. The first-order valence-electron chi connectivity index (χ1n) is 5.79. The normalized spacial score (nSPS) is 14.6. The van der Waals surface area contributed by atoms with Crippen LogP contribution >= 0.6 is 0 Å². The molecule has 1 aromatic rings. The van der Waals surface area contributed by atoms with Gasteiger partial charge in [0.05, 0.1) is 12.7 Å². The zero-order valence-electron chi connectivity index (χ0n) is 10.1. The van der Waals surface area contributed by atoms with Crippen LogP contribution in [-0.4, -0.2) is 17.8 Å². The van der Waals surface area contributed by atoms with Crippen LogP contribution in [0.2, 0.25) is 0 Å². The Bertz CT molecular complexity index is 355. The first kappa shape index (κ1) is 14.1. The van der Waals surface area contributed by atoms with Crippen LogP contribution in [0.5, 0.6) is 0 Å². The molecule has 0 radical (unpaired) electrons. The Labute approximate surface area is 100 Å². The number of aliphatic hydroxyl groups excluding tert-OH is 1. The summed E-state index contributed by atoms with van der Waals surface area (Å²) in [5, 5.41) is 9.71. The van der Waals surface area contributed by atoms with Gasteiger partial charge in [0.25, 0.3) is 0 Å². The van der Waals surface area contributed by atoms with E-state index in [4.69, 9.17) is 4.74 Å². The predicted molar refractivity (Wildman–Crippen MR) is 61.6 cm³/mol. The molecular weight excluding hydrogens is 226 g/mol. The Balaban J connectivity index is 2.58. The topological polar surface area (TPSA) is 29.5 Å². The molecule has 2 unspecified atom stereocenters. The standard InChI is InChI=1S/C13H18F2O2/c1-3-5-9(2)17-8-12(16)10-6-4-7-11(14)13(10)15/h4,6-7,9,12,16H,3,5,8H2,1-2H3. The zero-order valence-corrected chi connectivity index (χ0v) is 10.1. The lowest BCUT2D eigenvalue weighted by atomic mass is 10.1. The maximum absolute atomic E-state index is 13.3. The summed E-state index contributed by atoms with van der Waals surface area (Å²) in [6.07, 6.45) is 0.723. The van der Waals surface area contributed by atoms with E-state index in [1.54, 1.807) is 0 Å². The monoisotopic (exact) mass is 244 g/mol. The third kappa shape index (κ3) is 4.06. The number of aliphatic hydroxyl groups is 1. The van der Waals surface area contributed by atoms with Crippen LogP contribution in [0.3, 0.4) is 0 Å². The van der Waals surface area contributed by atoms with E-state index in [1.165, 1.54) is 12.1 Å². The molecule has 1 rings (SSSR count). The van der Waals surface area contributed by atoms with Crippen molar-refractivity contribution >= 4 is 0 Å². The van der Waals surface area contributed by atoms with Crippen molar-refractivity contribution in [2.75, 3.05) is 6.61 Å². The molecule has 0 amide bonds. The molecule has 96 valence electrons. The molecule has 0 bridgehead atoms. The maximum Gasteiger partial charge on any atom is 0.164 e. The van der Waals surface area contributed by atoms with E-state index in [-0.39, 0.29) is 18.3 Å². The van der Waals surface area contributed by atoms with E-state index in [2.05, 4.69) is 0 Å². The summed E-state index contributed by atoms with van der Waals surface area (Å²) in [7, 11) is 0. The quantitative estimate of drug-likeness (QED) is 0.832. The van der Waals surface area contributed by atoms with E-state index in [9.17, 15) is 13.9 Å². The molecule has 0 aromatic heterocycles. The molecule has 0 aliphatic rings. The third-order valence-corrected chi connectivity index (χ3v) is 2.57. The van der Waals surface area contributed by atoms with Crippen LogP contribution in [-0.2, 0) is 4.74 Å². The number of hydrogen-bond donors (Lipinski definition) is 1. The van der Waals surface area contributed by atoms with Gasteiger partial charge in [-0.25, -0.2) is 8.78 Å². The summed E-state index contributed by atoms with van der Waals surface area (Å²) in [6, 6.07) is 3.75. The van der Waals surface area contributed by atoms with Crippen LogP contribution in [0, 0.1) is 11.6 Å². The molecule has 0 saturated carbocycles. The van der Waals surface area contributed by atoms with E-state index >= 15 is 0 Å². The fourth-order valence-electron chi connectivity index (χ4n) is 1.61. The van der Waals surface area contributed by atoms with Crippen LogP contribution < -0.4 is 0 Å². The van der Waals surface area contributed by atoms with Crippen LogP contribution in [0.25, 0.3) is 0 Å². The molecule has 0 aliphatic carbocycles. The van der Waals surface area contributed by atoms with Gasteiger partial charge in [0.2, 0.25) is 0 Å². The van der Waals surface area contributed by atoms with Gasteiger partial charge in [-0.1, -0.05) is 25.5 Å². The van der Waals surface area contributed by atoms with Gasteiger partial charge in [-0.15, -0.1) is 0 Å². The molecule has 2 atom stereocenters. The van der Waals surface area contributed by atoms with Gasteiger partial charge in [-0.2, -0.15) is 0 Å². The third-order valence-electron chi connectivity index (χ3n) is 2.57. The minimum absolute atomic E-state index is 0.00581. The van der Waals surface area contributed by atoms with Crippen molar-refractivity contribution in [2.45, 2.75) is 38.9 Å². The van der Waals surface area contributed by atoms with E-state index < -0.39 is 17.7 Å². The summed E-state index contributed by atoms with van der Waals surface area (Å²) < 4.78 is 31.6. The van der Waals surface area contributed by atoms with E-state index in [1.807, 2.05) is 13.8 Å². The van der Waals surface area contributed by atoms with Gasteiger partial charge < -0.3 is 9.84 Å². The molecule has 17 heavy (non-hydrogen) atoms. The van der Waals surface area contributed by atoms with Crippen molar-refractivity contribution in [1.82, 2.24) is 0 Å². The Hall–Kier alpha value is -1.00. The van der Waals surface area contributed by atoms with Crippen molar-refractivity contribution in [3.8, 4) is 0 Å². The Kier molecular flexibility index (Phi) is 5.51. The SMILES string of the molecule is CCCC(C)OCC(O)c1cccc(F)c1F. The number of halogens is 2. The number of rotatable bonds is 6. The molecule has 0 heterocycles. The summed E-state index contributed by atoms with van der Waals surface area (Å²) >= 11 is 0. The highest BCUT2D eigenvalue weighted by molar-refractivity contribution is 5.21. The number of ether oxygens (including phenoxy) is 1. The largest absolute Gasteiger partial charge is 0.386 e. The van der Waals surface area contributed by atoms with Crippen LogP contribution in [0.1, 0.15) is 38.4 Å². The average molecular weight is 244 g/mol. The van der Waals surface area contributed by atoms with Crippen molar-refractivity contribution in [2.24, 2.45) is 0 Å². The van der Waals surface area contributed by atoms with Gasteiger partial charge in [-0.05, 0) is 19.4 Å². The lowest BCUT2D eigenvalue weighted by molar-refractivity contribution is -0.00722. The molecule has 0 spiro atoms. The van der Waals surface area contributed by atoms with Gasteiger partial charge in [-0.3, -0.25) is 0 Å². The molecule has 0 fully saturated rings. The summed E-state index contributed by atoms with van der Waals surface area (Å²) in [5.74, 6) is -1.96. The van der Waals surface area contributed by atoms with E-state index in [0.29, 0.717) is 0 Å². The number of benzene rings is 1. The average Bonchev–Trinajstić information content (AvgIpc) is 2.30. The highest BCUT2D eigenvalue weighted by Crippen LogP contribution is 2.20. The second-order valence-electron chi connectivity index (χ2n) is 4.09. The molecule has 0 saturated heterocycles. The minimum Gasteiger partial charge on any atom is -0.386 e. The van der Waals surface area contributed by atoms with Crippen LogP contribution in [0.15, 0.2) is 18.2 Å². The summed E-state index contributed by atoms with van der Waals surface area (Å²) in [4.78, 5) is 0. The zero-order chi connectivity index (χ0) is 12.8. The first-order chi connectivity index (χ1) is 8.06. The van der Waals surface area contributed by atoms with Gasteiger partial charge in [0, 0.05) is 5.56 Å². The number of hydrogen-bond acceptors (Lipinski definition) is 2. The molecule has 1 aromatic carbocycles. The Morgan fingerprint density at radius 1 is 1.35 bits per heavy atom. The summed E-state index contributed by atoms with van der Waals surface area (Å²) in [6.45, 7) is 3.89. The Morgan fingerprint density at radius 3 is 2.71 bits per heavy atom. The lowest BCUT2D eigenvalue weighted by Gasteiger charge is -2.16. The maximum atomic E-state index is 13.3. The Morgan fingerprint density at radius 2 is 2.06 bits per heavy atom.